The van der Waals surface area contributed by atoms with Crippen molar-refractivity contribution in [3.63, 3.8) is 0 Å². The first-order valence-corrected chi connectivity index (χ1v) is 13.0. The van der Waals surface area contributed by atoms with E-state index in [0.29, 0.717) is 36.2 Å². The maximum atomic E-state index is 13.7. The van der Waals surface area contributed by atoms with E-state index in [1.54, 1.807) is 4.90 Å². The number of ether oxygens (including phenoxy) is 1. The minimum atomic E-state index is -0.911. The lowest BCUT2D eigenvalue weighted by atomic mass is 9.85. The van der Waals surface area contributed by atoms with E-state index < -0.39 is 18.1 Å². The lowest BCUT2D eigenvalue weighted by Gasteiger charge is -2.28. The Morgan fingerprint density at radius 3 is 2.49 bits per heavy atom. The van der Waals surface area contributed by atoms with Crippen LogP contribution < -0.4 is 15.0 Å². The Labute approximate surface area is 208 Å². The molecule has 0 radical (unpaired) electrons. The first-order chi connectivity index (χ1) is 16.9. The van der Waals surface area contributed by atoms with Gasteiger partial charge in [0.1, 0.15) is 24.4 Å². The molecular weight excluding hydrogens is 440 g/mol. The molecule has 2 aliphatic rings. The van der Waals surface area contributed by atoms with Crippen molar-refractivity contribution in [2.75, 3.05) is 11.5 Å². The predicted octanol–water partition coefficient (Wildman–Crippen LogP) is 5.51. The summed E-state index contributed by atoms with van der Waals surface area (Å²) in [5.41, 5.74) is 2.98. The zero-order valence-electron chi connectivity index (χ0n) is 20.9. The van der Waals surface area contributed by atoms with E-state index in [1.165, 1.54) is 37.7 Å². The molecule has 4 rings (SSSR count). The SMILES string of the molecule is CC(C)c1ccc(CN2C(=O)[C@@H](N[C@@H](CCC3CCCCC3)C(=O)O)COc3ccccc32)cc1. The number of para-hydroxylation sites is 2. The van der Waals surface area contributed by atoms with Gasteiger partial charge in [-0.05, 0) is 47.9 Å². The lowest BCUT2D eigenvalue weighted by molar-refractivity contribution is -0.140. The molecule has 0 aromatic heterocycles. The molecule has 2 atom stereocenters. The third-order valence-electron chi connectivity index (χ3n) is 7.40. The Morgan fingerprint density at radius 1 is 1.09 bits per heavy atom. The van der Waals surface area contributed by atoms with Crippen LogP contribution in [0.3, 0.4) is 0 Å². The zero-order chi connectivity index (χ0) is 24.8. The second-order valence-corrected chi connectivity index (χ2v) is 10.3. The summed E-state index contributed by atoms with van der Waals surface area (Å²) in [4.78, 5) is 27.6. The minimum Gasteiger partial charge on any atom is -0.489 e. The molecule has 6 heteroatoms. The Balaban J connectivity index is 1.51. The quantitative estimate of drug-likeness (QED) is 0.497. The van der Waals surface area contributed by atoms with Crippen LogP contribution in [0.25, 0.3) is 0 Å². The maximum Gasteiger partial charge on any atom is 0.320 e. The van der Waals surface area contributed by atoms with Crippen molar-refractivity contribution in [3.05, 3.63) is 59.7 Å². The number of amides is 1. The number of hydrogen-bond donors (Lipinski definition) is 2. The van der Waals surface area contributed by atoms with Gasteiger partial charge in [-0.1, -0.05) is 82.3 Å². The zero-order valence-corrected chi connectivity index (χ0v) is 20.9. The van der Waals surface area contributed by atoms with Gasteiger partial charge in [-0.15, -0.1) is 0 Å². The first-order valence-electron chi connectivity index (χ1n) is 13.0. The summed E-state index contributed by atoms with van der Waals surface area (Å²) < 4.78 is 6.01. The Morgan fingerprint density at radius 2 is 1.80 bits per heavy atom. The summed E-state index contributed by atoms with van der Waals surface area (Å²) in [6.45, 7) is 4.82. The van der Waals surface area contributed by atoms with Gasteiger partial charge >= 0.3 is 5.97 Å². The van der Waals surface area contributed by atoms with E-state index in [2.05, 4.69) is 43.4 Å². The van der Waals surface area contributed by atoms with Gasteiger partial charge in [0, 0.05) is 0 Å². The number of nitrogens with zero attached hydrogens (tertiary/aromatic N) is 1. The second-order valence-electron chi connectivity index (χ2n) is 10.3. The molecule has 0 unspecified atom stereocenters. The molecule has 1 amide bonds. The van der Waals surface area contributed by atoms with Crippen molar-refractivity contribution in [3.8, 4) is 5.75 Å². The highest BCUT2D eigenvalue weighted by molar-refractivity contribution is 5.99. The van der Waals surface area contributed by atoms with E-state index >= 15 is 0 Å². The van der Waals surface area contributed by atoms with E-state index in [4.69, 9.17) is 4.74 Å². The normalized spacial score (nSPS) is 19.7. The van der Waals surface area contributed by atoms with E-state index in [-0.39, 0.29) is 12.5 Å². The summed E-state index contributed by atoms with van der Waals surface area (Å²) in [5.74, 6) is 0.590. The van der Waals surface area contributed by atoms with Gasteiger partial charge in [0.2, 0.25) is 5.91 Å². The van der Waals surface area contributed by atoms with Gasteiger partial charge in [0.15, 0.2) is 0 Å². The van der Waals surface area contributed by atoms with Crippen molar-refractivity contribution in [2.24, 2.45) is 5.92 Å². The smallest absolute Gasteiger partial charge is 0.320 e. The number of carbonyl (C=O) groups excluding carboxylic acids is 1. The molecule has 1 saturated carbocycles. The minimum absolute atomic E-state index is 0.103. The topological polar surface area (TPSA) is 78.9 Å². The van der Waals surface area contributed by atoms with Crippen LogP contribution >= 0.6 is 0 Å². The largest absolute Gasteiger partial charge is 0.489 e. The van der Waals surface area contributed by atoms with Crippen molar-refractivity contribution in [1.82, 2.24) is 5.32 Å². The van der Waals surface area contributed by atoms with E-state index in [9.17, 15) is 14.7 Å². The van der Waals surface area contributed by atoms with Gasteiger partial charge in [-0.25, -0.2) is 0 Å². The average molecular weight is 479 g/mol. The molecule has 1 heterocycles. The van der Waals surface area contributed by atoms with Gasteiger partial charge in [-0.3, -0.25) is 14.9 Å². The first kappa shape index (κ1) is 25.2. The van der Waals surface area contributed by atoms with Gasteiger partial charge in [0.25, 0.3) is 0 Å². The number of carboxylic acids is 1. The molecule has 188 valence electrons. The highest BCUT2D eigenvalue weighted by Gasteiger charge is 2.34. The Bertz CT molecular complexity index is 998. The van der Waals surface area contributed by atoms with Crippen molar-refractivity contribution in [1.29, 1.82) is 0 Å². The Hall–Kier alpha value is -2.86. The molecule has 1 aliphatic heterocycles. The van der Waals surface area contributed by atoms with Crippen LogP contribution in [-0.4, -0.2) is 35.7 Å². The number of aliphatic carboxylic acids is 1. The predicted molar refractivity (Wildman–Crippen MR) is 138 cm³/mol. The van der Waals surface area contributed by atoms with Crippen molar-refractivity contribution in [2.45, 2.75) is 83.3 Å². The van der Waals surface area contributed by atoms with Crippen LogP contribution in [0.4, 0.5) is 5.69 Å². The summed E-state index contributed by atoms with van der Waals surface area (Å²) >= 11 is 0. The third kappa shape index (κ3) is 6.43. The van der Waals surface area contributed by atoms with Crippen LogP contribution in [0.1, 0.15) is 75.8 Å². The summed E-state index contributed by atoms with van der Waals surface area (Å²) in [6, 6.07) is 14.3. The van der Waals surface area contributed by atoms with Crippen LogP contribution in [0, 0.1) is 5.92 Å². The fourth-order valence-electron chi connectivity index (χ4n) is 5.23. The van der Waals surface area contributed by atoms with E-state index in [0.717, 1.165) is 12.0 Å². The van der Waals surface area contributed by atoms with Gasteiger partial charge in [-0.2, -0.15) is 0 Å². The molecule has 2 aromatic rings. The number of carbonyl (C=O) groups is 2. The van der Waals surface area contributed by atoms with Crippen molar-refractivity contribution < 1.29 is 19.4 Å². The summed E-state index contributed by atoms with van der Waals surface area (Å²) in [5, 5.41) is 13.1. The van der Waals surface area contributed by atoms with Gasteiger partial charge < -0.3 is 14.7 Å². The maximum absolute atomic E-state index is 13.7. The number of nitrogens with one attached hydrogen (secondary N) is 1. The lowest BCUT2D eigenvalue weighted by Crippen LogP contribution is -2.53. The molecule has 1 aliphatic carbocycles. The molecule has 2 aromatic carbocycles. The fraction of sp³-hybridized carbons (Fsp3) is 0.517. The van der Waals surface area contributed by atoms with E-state index in [1.807, 2.05) is 24.3 Å². The molecule has 0 spiro atoms. The number of rotatable bonds is 9. The number of hydrogen-bond acceptors (Lipinski definition) is 4. The van der Waals surface area contributed by atoms with Crippen LogP contribution in [0.5, 0.6) is 5.75 Å². The standard InChI is InChI=1S/C29H38N2O4/c1-20(2)23-15-12-22(13-16-23)18-31-26-10-6-7-11-27(26)35-19-25(28(31)32)30-24(29(33)34)17-14-21-8-4-3-5-9-21/h6-7,10-13,15-16,20-21,24-25,30H,3-5,8-9,14,17-19H2,1-2H3,(H,33,34)/t24-,25-/m0/s1. The molecule has 2 N–H and O–H groups in total. The van der Waals surface area contributed by atoms with Crippen molar-refractivity contribution >= 4 is 17.6 Å². The second kappa shape index (κ2) is 11.7. The number of anilines is 1. The number of fused-ring (bicyclic) bond motifs is 1. The molecule has 35 heavy (non-hydrogen) atoms. The summed E-state index contributed by atoms with van der Waals surface area (Å²) in [7, 11) is 0. The van der Waals surface area contributed by atoms with Crippen LogP contribution in [0.2, 0.25) is 0 Å². The monoisotopic (exact) mass is 478 g/mol. The third-order valence-corrected chi connectivity index (χ3v) is 7.40. The fourth-order valence-corrected chi connectivity index (χ4v) is 5.23. The molecule has 1 fully saturated rings. The highest BCUT2D eigenvalue weighted by Crippen LogP contribution is 2.33. The van der Waals surface area contributed by atoms with Crippen LogP contribution in [-0.2, 0) is 16.1 Å². The Kier molecular flexibility index (Phi) is 8.45. The average Bonchev–Trinajstić information content (AvgIpc) is 2.99. The molecular formula is C29H38N2O4. The molecule has 0 bridgehead atoms. The molecule has 0 saturated heterocycles. The number of benzene rings is 2. The molecule has 6 nitrogen and oxygen atoms in total. The summed E-state index contributed by atoms with van der Waals surface area (Å²) in [6.07, 6.45) is 7.49. The number of carboxylic acid groups (broad SMARTS) is 1. The van der Waals surface area contributed by atoms with Crippen LogP contribution in [0.15, 0.2) is 48.5 Å². The van der Waals surface area contributed by atoms with Gasteiger partial charge in [0.05, 0.1) is 12.2 Å². The highest BCUT2D eigenvalue weighted by atomic mass is 16.5.